The highest BCUT2D eigenvalue weighted by molar-refractivity contribution is 9.09. The van der Waals surface area contributed by atoms with Crippen molar-refractivity contribution in [2.45, 2.75) is 25.5 Å². The molecular formula is C14H16BrNO3. The molecule has 0 unspecified atom stereocenters. The molecule has 0 radical (unpaired) electrons. The lowest BCUT2D eigenvalue weighted by molar-refractivity contribution is -0.153. The van der Waals surface area contributed by atoms with Gasteiger partial charge in [0, 0.05) is 6.54 Å². The third-order valence-electron chi connectivity index (χ3n) is 3.18. The molecule has 1 atom stereocenters. The third-order valence-corrected chi connectivity index (χ3v) is 3.66. The zero-order valence-electron chi connectivity index (χ0n) is 10.5. The topological polar surface area (TPSA) is 46.6 Å². The van der Waals surface area contributed by atoms with Crippen molar-refractivity contribution in [3.05, 3.63) is 35.9 Å². The predicted molar refractivity (Wildman–Crippen MR) is 74.8 cm³/mol. The van der Waals surface area contributed by atoms with Gasteiger partial charge in [-0.2, -0.15) is 0 Å². The fourth-order valence-electron chi connectivity index (χ4n) is 2.21. The van der Waals surface area contributed by atoms with E-state index in [0.717, 1.165) is 12.0 Å². The van der Waals surface area contributed by atoms with Gasteiger partial charge in [-0.25, -0.2) is 4.79 Å². The number of hydrogen-bond donors (Lipinski definition) is 0. The van der Waals surface area contributed by atoms with Gasteiger partial charge in [-0.15, -0.1) is 0 Å². The second-order valence-corrected chi connectivity index (χ2v) is 5.03. The number of ether oxygens (including phenoxy) is 1. The molecule has 0 saturated carbocycles. The van der Waals surface area contributed by atoms with Gasteiger partial charge in [-0.1, -0.05) is 46.3 Å². The van der Waals surface area contributed by atoms with Crippen LogP contribution in [0.5, 0.6) is 0 Å². The van der Waals surface area contributed by atoms with E-state index in [2.05, 4.69) is 15.9 Å². The van der Waals surface area contributed by atoms with E-state index in [4.69, 9.17) is 4.74 Å². The average molecular weight is 326 g/mol. The van der Waals surface area contributed by atoms with Crippen LogP contribution in [0.1, 0.15) is 18.4 Å². The number of carbonyl (C=O) groups is 2. The first kappa shape index (κ1) is 14.1. The van der Waals surface area contributed by atoms with Crippen LogP contribution in [-0.2, 0) is 20.9 Å². The Morgan fingerprint density at radius 2 is 2.05 bits per heavy atom. The highest BCUT2D eigenvalue weighted by atomic mass is 79.9. The monoisotopic (exact) mass is 325 g/mol. The summed E-state index contributed by atoms with van der Waals surface area (Å²) in [6, 6.07) is 9.11. The summed E-state index contributed by atoms with van der Waals surface area (Å²) in [5.74, 6) is -0.366. The Labute approximate surface area is 120 Å². The van der Waals surface area contributed by atoms with E-state index in [-0.39, 0.29) is 23.8 Å². The first-order chi connectivity index (χ1) is 9.22. The van der Waals surface area contributed by atoms with Crippen LogP contribution < -0.4 is 0 Å². The minimum Gasteiger partial charge on any atom is -0.459 e. The summed E-state index contributed by atoms with van der Waals surface area (Å²) < 4.78 is 5.29. The molecule has 0 aromatic heterocycles. The molecule has 0 aliphatic carbocycles. The first-order valence-electron chi connectivity index (χ1n) is 6.28. The van der Waals surface area contributed by atoms with Crippen molar-refractivity contribution >= 4 is 27.8 Å². The smallest absolute Gasteiger partial charge is 0.329 e. The lowest BCUT2D eigenvalue weighted by atomic mass is 10.2. The Kier molecular flexibility index (Phi) is 4.96. The number of alkyl halides is 1. The van der Waals surface area contributed by atoms with Gasteiger partial charge in [-0.3, -0.25) is 4.79 Å². The van der Waals surface area contributed by atoms with E-state index in [1.807, 2.05) is 30.3 Å². The SMILES string of the molecule is O=C(OCc1ccccc1)[C@@H]1CCCN1C(=O)CBr. The fraction of sp³-hybridized carbons (Fsp3) is 0.429. The second-order valence-electron chi connectivity index (χ2n) is 4.47. The van der Waals surface area contributed by atoms with E-state index >= 15 is 0 Å². The molecular weight excluding hydrogens is 310 g/mol. The van der Waals surface area contributed by atoms with Gasteiger partial charge in [0.1, 0.15) is 12.6 Å². The Morgan fingerprint density at radius 1 is 1.32 bits per heavy atom. The Hall–Kier alpha value is -1.36. The van der Waals surface area contributed by atoms with Crippen molar-refractivity contribution in [1.82, 2.24) is 4.90 Å². The molecule has 5 heteroatoms. The van der Waals surface area contributed by atoms with Crippen LogP contribution in [0.2, 0.25) is 0 Å². The molecule has 1 heterocycles. The van der Waals surface area contributed by atoms with E-state index in [1.165, 1.54) is 0 Å². The molecule has 2 rings (SSSR count). The second kappa shape index (κ2) is 6.70. The van der Waals surface area contributed by atoms with Gasteiger partial charge in [0.2, 0.25) is 5.91 Å². The molecule has 19 heavy (non-hydrogen) atoms. The molecule has 1 fully saturated rings. The van der Waals surface area contributed by atoms with E-state index < -0.39 is 6.04 Å². The van der Waals surface area contributed by atoms with E-state index in [9.17, 15) is 9.59 Å². The quantitative estimate of drug-likeness (QED) is 0.629. The van der Waals surface area contributed by atoms with Crippen LogP contribution in [0, 0.1) is 0 Å². The van der Waals surface area contributed by atoms with Crippen molar-refractivity contribution in [3.63, 3.8) is 0 Å². The number of esters is 1. The highest BCUT2D eigenvalue weighted by Gasteiger charge is 2.34. The Bertz CT molecular complexity index is 449. The number of halogens is 1. The summed E-state index contributed by atoms with van der Waals surface area (Å²) in [6.45, 7) is 0.891. The van der Waals surface area contributed by atoms with Crippen LogP contribution in [0.25, 0.3) is 0 Å². The van der Waals surface area contributed by atoms with Crippen molar-refractivity contribution in [1.29, 1.82) is 0 Å². The molecule has 1 aliphatic heterocycles. The Balaban J connectivity index is 1.90. The van der Waals surface area contributed by atoms with Crippen molar-refractivity contribution < 1.29 is 14.3 Å². The number of carbonyl (C=O) groups excluding carboxylic acids is 2. The summed E-state index contributed by atoms with van der Waals surface area (Å²) in [6.07, 6.45) is 1.54. The first-order valence-corrected chi connectivity index (χ1v) is 7.40. The van der Waals surface area contributed by atoms with Gasteiger partial charge < -0.3 is 9.64 Å². The summed E-state index contributed by atoms with van der Waals surface area (Å²) in [5.41, 5.74) is 0.951. The molecule has 1 amide bonds. The number of rotatable bonds is 4. The summed E-state index contributed by atoms with van der Waals surface area (Å²) >= 11 is 3.13. The number of benzene rings is 1. The molecule has 0 spiro atoms. The van der Waals surface area contributed by atoms with Crippen LogP contribution in [0.15, 0.2) is 30.3 Å². The van der Waals surface area contributed by atoms with Gasteiger partial charge in [0.25, 0.3) is 0 Å². The van der Waals surface area contributed by atoms with Crippen LogP contribution in [-0.4, -0.2) is 34.7 Å². The predicted octanol–water partition coefficient (Wildman–Crippen LogP) is 2.12. The molecule has 1 aliphatic rings. The third kappa shape index (κ3) is 3.56. The van der Waals surface area contributed by atoms with Crippen LogP contribution in [0.4, 0.5) is 0 Å². The lowest BCUT2D eigenvalue weighted by Gasteiger charge is -2.22. The fourth-order valence-corrected chi connectivity index (χ4v) is 2.53. The molecule has 0 bridgehead atoms. The van der Waals surface area contributed by atoms with Gasteiger partial charge in [0.05, 0.1) is 5.33 Å². The van der Waals surface area contributed by atoms with Gasteiger partial charge in [-0.05, 0) is 18.4 Å². The molecule has 102 valence electrons. The maximum absolute atomic E-state index is 12.0. The molecule has 4 nitrogen and oxygen atoms in total. The normalized spacial score (nSPS) is 18.4. The lowest BCUT2D eigenvalue weighted by Crippen LogP contribution is -2.41. The van der Waals surface area contributed by atoms with Crippen molar-refractivity contribution in [3.8, 4) is 0 Å². The van der Waals surface area contributed by atoms with Crippen molar-refractivity contribution in [2.24, 2.45) is 0 Å². The number of likely N-dealkylation sites (tertiary alicyclic amines) is 1. The standard InChI is InChI=1S/C14H16BrNO3/c15-9-13(17)16-8-4-7-12(16)14(18)19-10-11-5-2-1-3-6-11/h1-3,5-6,12H,4,7-10H2/t12-/m0/s1. The zero-order chi connectivity index (χ0) is 13.7. The van der Waals surface area contributed by atoms with Gasteiger partial charge >= 0.3 is 5.97 Å². The maximum Gasteiger partial charge on any atom is 0.329 e. The number of hydrogen-bond acceptors (Lipinski definition) is 3. The minimum atomic E-state index is -0.422. The van der Waals surface area contributed by atoms with E-state index in [0.29, 0.717) is 13.0 Å². The van der Waals surface area contributed by atoms with Crippen molar-refractivity contribution in [2.75, 3.05) is 11.9 Å². The maximum atomic E-state index is 12.0. The number of amides is 1. The highest BCUT2D eigenvalue weighted by Crippen LogP contribution is 2.19. The van der Waals surface area contributed by atoms with Crippen LogP contribution >= 0.6 is 15.9 Å². The largest absolute Gasteiger partial charge is 0.459 e. The van der Waals surface area contributed by atoms with E-state index in [1.54, 1.807) is 4.90 Å². The van der Waals surface area contributed by atoms with Crippen LogP contribution in [0.3, 0.4) is 0 Å². The minimum absolute atomic E-state index is 0.0563. The zero-order valence-corrected chi connectivity index (χ0v) is 12.1. The molecule has 1 saturated heterocycles. The number of nitrogens with zero attached hydrogens (tertiary/aromatic N) is 1. The summed E-state index contributed by atoms with van der Waals surface area (Å²) in [5, 5.41) is 0.246. The molecule has 1 aromatic carbocycles. The summed E-state index contributed by atoms with van der Waals surface area (Å²) in [4.78, 5) is 25.3. The van der Waals surface area contributed by atoms with Gasteiger partial charge in [0.15, 0.2) is 0 Å². The summed E-state index contributed by atoms with van der Waals surface area (Å²) in [7, 11) is 0. The molecule has 0 N–H and O–H groups in total. The molecule has 1 aromatic rings. The Morgan fingerprint density at radius 3 is 2.74 bits per heavy atom. The average Bonchev–Trinajstić information content (AvgIpc) is 2.94.